The van der Waals surface area contributed by atoms with E-state index in [9.17, 15) is 9.59 Å². The van der Waals surface area contributed by atoms with Crippen LogP contribution in [0, 0.1) is 12.3 Å². The van der Waals surface area contributed by atoms with Crippen molar-refractivity contribution in [2.24, 2.45) is 0 Å². The predicted octanol–water partition coefficient (Wildman–Crippen LogP) is 1.11. The third kappa shape index (κ3) is 6.53. The van der Waals surface area contributed by atoms with Gasteiger partial charge in [-0.1, -0.05) is 0 Å². The molecule has 2 nitrogen and oxygen atoms in total. The van der Waals surface area contributed by atoms with Crippen molar-refractivity contribution in [3.05, 3.63) is 12.2 Å². The summed E-state index contributed by atoms with van der Waals surface area (Å²) in [5.41, 5.74) is 0. The minimum absolute atomic E-state index is 0.0487. The normalized spacial score (nSPS) is 9.36. The molecule has 0 radical (unpaired) electrons. The molecule has 0 unspecified atom stereocenters. The van der Waals surface area contributed by atoms with Gasteiger partial charge in [-0.25, -0.2) is 0 Å². The van der Waals surface area contributed by atoms with E-state index in [-0.39, 0.29) is 5.78 Å². The lowest BCUT2D eigenvalue weighted by atomic mass is 10.2. The second kappa shape index (κ2) is 6.76. The molecule has 0 fully saturated rings. The van der Waals surface area contributed by atoms with Gasteiger partial charge in [-0.05, 0) is 18.6 Å². The Hall–Kier alpha value is -1.36. The quantitative estimate of drug-likeness (QED) is 0.254. The average molecular weight is 150 g/mol. The first-order chi connectivity index (χ1) is 5.31. The first kappa shape index (κ1) is 9.64. The van der Waals surface area contributed by atoms with Gasteiger partial charge in [0.1, 0.15) is 6.29 Å². The Morgan fingerprint density at radius 3 is 2.82 bits per heavy atom. The van der Waals surface area contributed by atoms with E-state index in [0.29, 0.717) is 25.5 Å². The van der Waals surface area contributed by atoms with Crippen LogP contribution >= 0.6 is 0 Å². The largest absolute Gasteiger partial charge is 0.299 e. The molecule has 0 aliphatic heterocycles. The Bertz CT molecular complexity index is 196. The fourth-order valence-electron chi connectivity index (χ4n) is 0.595. The van der Waals surface area contributed by atoms with E-state index >= 15 is 0 Å². The fraction of sp³-hybridized carbons (Fsp3) is 0.333. The summed E-state index contributed by atoms with van der Waals surface area (Å²) < 4.78 is 0. The van der Waals surface area contributed by atoms with Crippen LogP contribution in [-0.4, -0.2) is 12.1 Å². The molecule has 0 aliphatic carbocycles. The first-order valence-corrected chi connectivity index (χ1v) is 3.39. The molecule has 0 rings (SSSR count). The second-order valence-corrected chi connectivity index (χ2v) is 2.02. The zero-order valence-corrected chi connectivity index (χ0v) is 6.25. The number of rotatable bonds is 5. The molecule has 0 amide bonds. The molecule has 0 aromatic carbocycles. The van der Waals surface area contributed by atoms with Crippen LogP contribution in [0.3, 0.4) is 0 Å². The van der Waals surface area contributed by atoms with Crippen LogP contribution in [0.25, 0.3) is 0 Å². The molecule has 2 heteroatoms. The maximum absolute atomic E-state index is 10.8. The van der Waals surface area contributed by atoms with Crippen molar-refractivity contribution in [3.8, 4) is 12.3 Å². The second-order valence-electron chi connectivity index (χ2n) is 2.02. The molecule has 0 bridgehead atoms. The van der Waals surface area contributed by atoms with Crippen molar-refractivity contribution < 1.29 is 9.59 Å². The van der Waals surface area contributed by atoms with E-state index in [4.69, 9.17) is 6.42 Å². The molecular formula is C9H10O2. The van der Waals surface area contributed by atoms with E-state index in [1.165, 1.54) is 12.2 Å². The van der Waals surface area contributed by atoms with Gasteiger partial charge in [-0.3, -0.25) is 9.59 Å². The summed E-state index contributed by atoms with van der Waals surface area (Å²) in [6, 6.07) is 0. The summed E-state index contributed by atoms with van der Waals surface area (Å²) in [7, 11) is 0. The maximum atomic E-state index is 10.8. The van der Waals surface area contributed by atoms with E-state index < -0.39 is 0 Å². The topological polar surface area (TPSA) is 34.1 Å². The summed E-state index contributed by atoms with van der Waals surface area (Å²) in [4.78, 5) is 20.5. The summed E-state index contributed by atoms with van der Waals surface area (Å²) in [5, 5.41) is 0. The highest BCUT2D eigenvalue weighted by atomic mass is 16.1. The van der Waals surface area contributed by atoms with Gasteiger partial charge in [-0.15, -0.1) is 12.3 Å². The van der Waals surface area contributed by atoms with E-state index in [1.807, 2.05) is 0 Å². The van der Waals surface area contributed by atoms with E-state index in [0.717, 1.165) is 0 Å². The minimum Gasteiger partial charge on any atom is -0.299 e. The fourth-order valence-corrected chi connectivity index (χ4v) is 0.595. The molecular weight excluding hydrogens is 140 g/mol. The van der Waals surface area contributed by atoms with Crippen molar-refractivity contribution in [1.29, 1.82) is 0 Å². The third-order valence-corrected chi connectivity index (χ3v) is 1.10. The SMILES string of the molecule is C#CCCCC(=O)C=CC=O. The molecule has 0 spiro atoms. The first-order valence-electron chi connectivity index (χ1n) is 3.39. The predicted molar refractivity (Wildman–Crippen MR) is 42.9 cm³/mol. The van der Waals surface area contributed by atoms with Crippen LogP contribution in [0.15, 0.2) is 12.2 Å². The maximum Gasteiger partial charge on any atom is 0.155 e. The van der Waals surface area contributed by atoms with Crippen LogP contribution in [-0.2, 0) is 9.59 Å². The number of terminal acetylenes is 1. The third-order valence-electron chi connectivity index (χ3n) is 1.10. The highest BCUT2D eigenvalue weighted by molar-refractivity contribution is 5.92. The van der Waals surface area contributed by atoms with Gasteiger partial charge in [0.2, 0.25) is 0 Å². The van der Waals surface area contributed by atoms with Crippen molar-refractivity contribution >= 4 is 12.1 Å². The van der Waals surface area contributed by atoms with Gasteiger partial charge < -0.3 is 0 Å². The molecule has 0 aromatic heterocycles. The number of carbonyl (C=O) groups is 2. The Balaban J connectivity index is 3.46. The van der Waals surface area contributed by atoms with Gasteiger partial charge in [0.05, 0.1) is 0 Å². The molecule has 0 saturated carbocycles. The van der Waals surface area contributed by atoms with Crippen molar-refractivity contribution in [1.82, 2.24) is 0 Å². The lowest BCUT2D eigenvalue weighted by Crippen LogP contribution is -1.91. The Morgan fingerprint density at radius 1 is 1.55 bits per heavy atom. The molecule has 0 saturated heterocycles. The lowest BCUT2D eigenvalue weighted by Gasteiger charge is -1.88. The number of hydrogen-bond donors (Lipinski definition) is 0. The number of hydrogen-bond acceptors (Lipinski definition) is 2. The zero-order valence-electron chi connectivity index (χ0n) is 6.25. The number of allylic oxidation sites excluding steroid dienone is 2. The van der Waals surface area contributed by atoms with Crippen LogP contribution in [0.4, 0.5) is 0 Å². The summed E-state index contributed by atoms with van der Waals surface area (Å²) in [5.74, 6) is 2.38. The van der Waals surface area contributed by atoms with Crippen molar-refractivity contribution in [2.45, 2.75) is 19.3 Å². The Morgan fingerprint density at radius 2 is 2.27 bits per heavy atom. The molecule has 0 heterocycles. The highest BCUT2D eigenvalue weighted by Gasteiger charge is 1.93. The smallest absolute Gasteiger partial charge is 0.155 e. The Labute approximate surface area is 66.3 Å². The lowest BCUT2D eigenvalue weighted by molar-refractivity contribution is -0.115. The van der Waals surface area contributed by atoms with E-state index in [1.54, 1.807) is 0 Å². The van der Waals surface area contributed by atoms with E-state index in [2.05, 4.69) is 5.92 Å². The monoisotopic (exact) mass is 150 g/mol. The van der Waals surface area contributed by atoms with Gasteiger partial charge in [0, 0.05) is 12.8 Å². The van der Waals surface area contributed by atoms with Gasteiger partial charge >= 0.3 is 0 Å². The minimum atomic E-state index is -0.0487. The number of ketones is 1. The molecule has 0 atom stereocenters. The van der Waals surface area contributed by atoms with Crippen LogP contribution in [0.5, 0.6) is 0 Å². The summed E-state index contributed by atoms with van der Waals surface area (Å²) in [6.45, 7) is 0. The number of unbranched alkanes of at least 4 members (excludes halogenated alkanes) is 1. The van der Waals surface area contributed by atoms with Gasteiger partial charge in [0.25, 0.3) is 0 Å². The summed E-state index contributed by atoms with van der Waals surface area (Å²) in [6.07, 6.45) is 9.75. The number of carbonyl (C=O) groups excluding carboxylic acids is 2. The highest BCUT2D eigenvalue weighted by Crippen LogP contribution is 1.95. The van der Waals surface area contributed by atoms with Crippen molar-refractivity contribution in [2.75, 3.05) is 0 Å². The van der Waals surface area contributed by atoms with Gasteiger partial charge in [0.15, 0.2) is 5.78 Å². The van der Waals surface area contributed by atoms with Crippen LogP contribution < -0.4 is 0 Å². The molecule has 0 aliphatic rings. The molecule has 0 N–H and O–H groups in total. The molecule has 58 valence electrons. The number of aldehydes is 1. The standard InChI is InChI=1S/C9H10O2/c1-2-3-4-6-9(11)7-5-8-10/h1,5,7-8H,3-4,6H2. The Kier molecular flexibility index (Phi) is 5.92. The zero-order chi connectivity index (χ0) is 8.53. The van der Waals surface area contributed by atoms with Crippen molar-refractivity contribution in [3.63, 3.8) is 0 Å². The molecule has 11 heavy (non-hydrogen) atoms. The van der Waals surface area contributed by atoms with Gasteiger partial charge in [-0.2, -0.15) is 0 Å². The van der Waals surface area contributed by atoms with Crippen LogP contribution in [0.1, 0.15) is 19.3 Å². The average Bonchev–Trinajstić information content (AvgIpc) is 2.01. The summed E-state index contributed by atoms with van der Waals surface area (Å²) >= 11 is 0. The van der Waals surface area contributed by atoms with Crippen LogP contribution in [0.2, 0.25) is 0 Å². The molecule has 0 aromatic rings.